The van der Waals surface area contributed by atoms with Crippen LogP contribution in [0.4, 0.5) is 0 Å². The number of furan rings is 1. The minimum atomic E-state index is 0.693. The Hall–Kier alpha value is -6.32. The van der Waals surface area contributed by atoms with Gasteiger partial charge in [0, 0.05) is 27.5 Å². The molecule has 0 unspecified atom stereocenters. The van der Waals surface area contributed by atoms with Crippen molar-refractivity contribution in [3.05, 3.63) is 170 Å². The number of rotatable bonds is 5. The number of nitrogens with zero attached hydrogens (tertiary/aromatic N) is 2. The predicted octanol–water partition coefficient (Wildman–Crippen LogP) is 11.9. The topological polar surface area (TPSA) is 38.9 Å². The molecular formula is C44H28N2O. The van der Waals surface area contributed by atoms with E-state index in [1.54, 1.807) is 0 Å². The Morgan fingerprint density at radius 2 is 0.915 bits per heavy atom. The van der Waals surface area contributed by atoms with E-state index >= 15 is 0 Å². The molecule has 0 spiro atoms. The zero-order valence-corrected chi connectivity index (χ0v) is 25.5. The Kier molecular flexibility index (Phi) is 6.46. The molecule has 9 rings (SSSR count). The molecule has 0 N–H and O–H groups in total. The van der Waals surface area contributed by atoms with Crippen molar-refractivity contribution in [3.8, 4) is 56.2 Å². The average Bonchev–Trinajstić information content (AvgIpc) is 3.52. The quantitative estimate of drug-likeness (QED) is 0.197. The Morgan fingerprint density at radius 3 is 1.70 bits per heavy atom. The van der Waals surface area contributed by atoms with Crippen molar-refractivity contribution in [2.24, 2.45) is 0 Å². The Bertz CT molecular complexity index is 2570. The fourth-order valence-corrected chi connectivity index (χ4v) is 6.43. The molecule has 2 aromatic heterocycles. The molecule has 0 aliphatic carbocycles. The summed E-state index contributed by atoms with van der Waals surface area (Å²) >= 11 is 0. The van der Waals surface area contributed by atoms with E-state index in [0.29, 0.717) is 5.82 Å². The van der Waals surface area contributed by atoms with Crippen molar-refractivity contribution >= 4 is 32.7 Å². The highest BCUT2D eigenvalue weighted by Gasteiger charge is 2.14. The zero-order valence-electron chi connectivity index (χ0n) is 25.5. The second-order valence-electron chi connectivity index (χ2n) is 11.9. The van der Waals surface area contributed by atoms with E-state index in [1.165, 1.54) is 27.5 Å². The predicted molar refractivity (Wildman–Crippen MR) is 194 cm³/mol. The summed E-state index contributed by atoms with van der Waals surface area (Å²) in [4.78, 5) is 10.1. The molecule has 0 aliphatic rings. The molecule has 220 valence electrons. The molecule has 2 heterocycles. The zero-order chi connectivity index (χ0) is 31.2. The number of hydrogen-bond donors (Lipinski definition) is 0. The van der Waals surface area contributed by atoms with E-state index in [1.807, 2.05) is 24.3 Å². The van der Waals surface area contributed by atoms with Crippen LogP contribution in [0.15, 0.2) is 174 Å². The fourth-order valence-electron chi connectivity index (χ4n) is 6.43. The van der Waals surface area contributed by atoms with Crippen LogP contribution in [-0.2, 0) is 0 Å². The highest BCUT2D eigenvalue weighted by atomic mass is 16.3. The third-order valence-corrected chi connectivity index (χ3v) is 8.87. The molecule has 0 radical (unpaired) electrons. The van der Waals surface area contributed by atoms with Gasteiger partial charge < -0.3 is 4.42 Å². The average molecular weight is 601 g/mol. The van der Waals surface area contributed by atoms with Crippen molar-refractivity contribution in [2.75, 3.05) is 0 Å². The van der Waals surface area contributed by atoms with Crippen LogP contribution in [0.5, 0.6) is 0 Å². The first-order chi connectivity index (χ1) is 23.2. The van der Waals surface area contributed by atoms with Gasteiger partial charge in [0.2, 0.25) is 0 Å². The lowest BCUT2D eigenvalue weighted by Gasteiger charge is -2.10. The van der Waals surface area contributed by atoms with Gasteiger partial charge in [0.1, 0.15) is 11.2 Å². The van der Waals surface area contributed by atoms with Gasteiger partial charge in [-0.15, -0.1) is 0 Å². The van der Waals surface area contributed by atoms with Crippen molar-refractivity contribution < 1.29 is 4.42 Å². The van der Waals surface area contributed by atoms with Gasteiger partial charge in [0.25, 0.3) is 0 Å². The lowest BCUT2D eigenvalue weighted by Crippen LogP contribution is -1.96. The number of hydrogen-bond acceptors (Lipinski definition) is 3. The molecule has 0 bridgehead atoms. The van der Waals surface area contributed by atoms with Gasteiger partial charge in [0.15, 0.2) is 5.82 Å². The summed E-state index contributed by atoms with van der Waals surface area (Å²) in [6, 6.07) is 59.2. The third-order valence-electron chi connectivity index (χ3n) is 8.87. The molecule has 7 aromatic carbocycles. The molecular weight excluding hydrogens is 572 g/mol. The summed E-state index contributed by atoms with van der Waals surface area (Å²) in [5.74, 6) is 0.693. The van der Waals surface area contributed by atoms with Crippen LogP contribution in [0.1, 0.15) is 0 Å². The molecule has 3 heteroatoms. The molecule has 9 aromatic rings. The van der Waals surface area contributed by atoms with Crippen molar-refractivity contribution in [3.63, 3.8) is 0 Å². The Labute approximate surface area is 272 Å². The first-order valence-corrected chi connectivity index (χ1v) is 15.8. The van der Waals surface area contributed by atoms with Crippen LogP contribution in [0, 0.1) is 0 Å². The monoisotopic (exact) mass is 600 g/mol. The lowest BCUT2D eigenvalue weighted by atomic mass is 9.98. The molecule has 0 saturated heterocycles. The molecule has 0 amide bonds. The van der Waals surface area contributed by atoms with Crippen LogP contribution < -0.4 is 0 Å². The maximum Gasteiger partial charge on any atom is 0.160 e. The summed E-state index contributed by atoms with van der Waals surface area (Å²) < 4.78 is 6.43. The summed E-state index contributed by atoms with van der Waals surface area (Å²) in [6.07, 6.45) is 0. The molecule has 3 nitrogen and oxygen atoms in total. The SMILES string of the molecule is c1ccc(-c2cccc(-c3ccc4oc5cc(-c6cc(-c7ccc8ccccc8c7)nc(-c7ccccc7)n6)ccc5c4c3)c2)cc1. The number of fused-ring (bicyclic) bond motifs is 4. The largest absolute Gasteiger partial charge is 0.456 e. The molecule has 47 heavy (non-hydrogen) atoms. The first-order valence-electron chi connectivity index (χ1n) is 15.8. The minimum Gasteiger partial charge on any atom is -0.456 e. The van der Waals surface area contributed by atoms with E-state index in [0.717, 1.165) is 55.6 Å². The summed E-state index contributed by atoms with van der Waals surface area (Å²) in [6.45, 7) is 0. The van der Waals surface area contributed by atoms with Gasteiger partial charge in [0.05, 0.1) is 11.4 Å². The summed E-state index contributed by atoms with van der Waals surface area (Å²) in [5, 5.41) is 4.56. The summed E-state index contributed by atoms with van der Waals surface area (Å²) in [7, 11) is 0. The third kappa shape index (κ3) is 5.04. The molecule has 0 fully saturated rings. The standard InChI is InChI=1S/C44H28N2O/c1-3-10-29(11-4-1)33-16-9-17-34(24-33)35-21-23-42-39(26-35)38-22-20-37(27-43(38)47-42)41-28-40(45-44(46-41)31-13-5-2-6-14-31)36-19-18-30-12-7-8-15-32(30)25-36/h1-28H. The first kappa shape index (κ1) is 27.0. The summed E-state index contributed by atoms with van der Waals surface area (Å²) in [5.41, 5.74) is 11.2. The lowest BCUT2D eigenvalue weighted by molar-refractivity contribution is 0.669. The van der Waals surface area contributed by atoms with Gasteiger partial charge in [-0.05, 0) is 75.5 Å². The van der Waals surface area contributed by atoms with Gasteiger partial charge in [-0.1, -0.05) is 127 Å². The Morgan fingerprint density at radius 1 is 0.319 bits per heavy atom. The van der Waals surface area contributed by atoms with Crippen LogP contribution in [0.3, 0.4) is 0 Å². The maximum absolute atomic E-state index is 6.43. The smallest absolute Gasteiger partial charge is 0.160 e. The molecule has 0 atom stereocenters. The highest BCUT2D eigenvalue weighted by Crippen LogP contribution is 2.36. The van der Waals surface area contributed by atoms with E-state index in [2.05, 4.69) is 146 Å². The van der Waals surface area contributed by atoms with E-state index < -0.39 is 0 Å². The number of aromatic nitrogens is 2. The maximum atomic E-state index is 6.43. The molecule has 0 aliphatic heterocycles. The van der Waals surface area contributed by atoms with Crippen molar-refractivity contribution in [1.82, 2.24) is 9.97 Å². The fraction of sp³-hybridized carbons (Fsp3) is 0. The van der Waals surface area contributed by atoms with Crippen LogP contribution in [-0.4, -0.2) is 9.97 Å². The van der Waals surface area contributed by atoms with Gasteiger partial charge in [-0.25, -0.2) is 9.97 Å². The van der Waals surface area contributed by atoms with Crippen LogP contribution in [0.2, 0.25) is 0 Å². The second-order valence-corrected chi connectivity index (χ2v) is 11.9. The minimum absolute atomic E-state index is 0.693. The highest BCUT2D eigenvalue weighted by molar-refractivity contribution is 6.07. The van der Waals surface area contributed by atoms with E-state index in [-0.39, 0.29) is 0 Å². The Balaban J connectivity index is 1.14. The molecule has 0 saturated carbocycles. The van der Waals surface area contributed by atoms with E-state index in [9.17, 15) is 0 Å². The van der Waals surface area contributed by atoms with Gasteiger partial charge in [-0.3, -0.25) is 0 Å². The second kappa shape index (κ2) is 11.2. The van der Waals surface area contributed by atoms with Crippen molar-refractivity contribution in [1.29, 1.82) is 0 Å². The number of benzene rings is 7. The van der Waals surface area contributed by atoms with Crippen LogP contribution in [0.25, 0.3) is 88.9 Å². The normalized spacial score (nSPS) is 11.4. The van der Waals surface area contributed by atoms with Crippen molar-refractivity contribution in [2.45, 2.75) is 0 Å². The van der Waals surface area contributed by atoms with Gasteiger partial charge >= 0.3 is 0 Å². The van der Waals surface area contributed by atoms with Gasteiger partial charge in [-0.2, -0.15) is 0 Å². The van der Waals surface area contributed by atoms with E-state index in [4.69, 9.17) is 14.4 Å². The van der Waals surface area contributed by atoms with Crippen LogP contribution >= 0.6 is 0 Å².